The number of alkyl halides is 1. The van der Waals surface area contributed by atoms with Gasteiger partial charge in [-0.25, -0.2) is 0 Å². The molecule has 1 nitrogen and oxygen atoms in total. The van der Waals surface area contributed by atoms with E-state index in [-0.39, 0.29) is 6.10 Å². The van der Waals surface area contributed by atoms with Crippen molar-refractivity contribution in [2.24, 2.45) is 0 Å². The van der Waals surface area contributed by atoms with Gasteiger partial charge in [0.15, 0.2) is 0 Å². The summed E-state index contributed by atoms with van der Waals surface area (Å²) in [5.74, 6) is 0. The highest BCUT2D eigenvalue weighted by atomic mass is 79.9. The number of aliphatic hydroxyl groups excluding tert-OH is 1. The van der Waals surface area contributed by atoms with Crippen molar-refractivity contribution < 1.29 is 5.11 Å². The van der Waals surface area contributed by atoms with E-state index in [1.54, 1.807) is 0 Å². The molecule has 0 spiro atoms. The van der Waals surface area contributed by atoms with Crippen LogP contribution in [0, 0.1) is 0 Å². The van der Waals surface area contributed by atoms with E-state index in [1.165, 1.54) is 0 Å². The predicted octanol–water partition coefficient (Wildman–Crippen LogP) is 2.80. The van der Waals surface area contributed by atoms with E-state index in [0.717, 1.165) is 24.8 Å². The normalized spacial score (nSPS) is 25.2. The Kier molecular flexibility index (Phi) is 4.02. The minimum Gasteiger partial charge on any atom is -0.388 e. The van der Waals surface area contributed by atoms with Crippen LogP contribution < -0.4 is 0 Å². The van der Waals surface area contributed by atoms with Crippen LogP contribution in [0.15, 0.2) is 23.8 Å². The van der Waals surface area contributed by atoms with E-state index in [0.29, 0.717) is 4.83 Å². The number of allylic oxidation sites excluding steroid dienone is 2. The van der Waals surface area contributed by atoms with Gasteiger partial charge in [-0.3, -0.25) is 0 Å². The van der Waals surface area contributed by atoms with Crippen molar-refractivity contribution in [2.45, 2.75) is 37.1 Å². The van der Waals surface area contributed by atoms with E-state index >= 15 is 0 Å². The van der Waals surface area contributed by atoms with Gasteiger partial charge in [-0.05, 0) is 18.4 Å². The maximum Gasteiger partial charge on any atom is 0.0786 e. The Morgan fingerprint density at radius 2 is 2.50 bits per heavy atom. The maximum absolute atomic E-state index is 9.63. The molecule has 68 valence electrons. The molecule has 0 heterocycles. The van der Waals surface area contributed by atoms with Crippen LogP contribution >= 0.6 is 15.9 Å². The first-order chi connectivity index (χ1) is 5.74. The molecule has 0 saturated carbocycles. The molecule has 0 amide bonds. The molecule has 1 aliphatic carbocycles. The van der Waals surface area contributed by atoms with Gasteiger partial charge in [0.05, 0.1) is 6.10 Å². The molecule has 0 saturated heterocycles. The van der Waals surface area contributed by atoms with E-state index in [9.17, 15) is 5.11 Å². The molecule has 0 aromatic heterocycles. The molecule has 0 radical (unpaired) electrons. The molecule has 1 aliphatic rings. The summed E-state index contributed by atoms with van der Waals surface area (Å²) in [6.07, 6.45) is 8.85. The molecular weight excluding hydrogens is 216 g/mol. The van der Waals surface area contributed by atoms with Crippen molar-refractivity contribution in [1.82, 2.24) is 0 Å². The van der Waals surface area contributed by atoms with Gasteiger partial charge in [-0.2, -0.15) is 0 Å². The second-order valence-corrected chi connectivity index (χ2v) is 4.30. The second kappa shape index (κ2) is 4.83. The van der Waals surface area contributed by atoms with E-state index in [1.807, 2.05) is 6.08 Å². The molecule has 0 fully saturated rings. The fourth-order valence-electron chi connectivity index (χ4n) is 1.30. The lowest BCUT2D eigenvalue weighted by molar-refractivity contribution is 0.202. The lowest BCUT2D eigenvalue weighted by Gasteiger charge is -2.15. The van der Waals surface area contributed by atoms with Gasteiger partial charge < -0.3 is 5.11 Å². The minimum absolute atomic E-state index is 0.258. The lowest BCUT2D eigenvalue weighted by atomic mass is 9.99. The largest absolute Gasteiger partial charge is 0.388 e. The molecule has 0 aliphatic heterocycles. The monoisotopic (exact) mass is 230 g/mol. The SMILES string of the molecule is CCCC(O)C1=CCC(Br)C=C1. The highest BCUT2D eigenvalue weighted by Crippen LogP contribution is 2.20. The smallest absolute Gasteiger partial charge is 0.0786 e. The average Bonchev–Trinajstić information content (AvgIpc) is 2.06. The summed E-state index contributed by atoms with van der Waals surface area (Å²) < 4.78 is 0. The molecular formula is C10H15BrO. The van der Waals surface area contributed by atoms with Gasteiger partial charge in [0, 0.05) is 4.83 Å². The molecule has 12 heavy (non-hydrogen) atoms. The first kappa shape index (κ1) is 10.0. The highest BCUT2D eigenvalue weighted by Gasteiger charge is 2.11. The Bertz CT molecular complexity index is 196. The van der Waals surface area contributed by atoms with Crippen molar-refractivity contribution in [3.63, 3.8) is 0 Å². The van der Waals surface area contributed by atoms with Crippen LogP contribution in [0.25, 0.3) is 0 Å². The van der Waals surface area contributed by atoms with Gasteiger partial charge in [-0.15, -0.1) is 0 Å². The third-order valence-corrected chi connectivity index (χ3v) is 2.70. The fraction of sp³-hybridized carbons (Fsp3) is 0.600. The lowest BCUT2D eigenvalue weighted by Crippen LogP contribution is -2.11. The third kappa shape index (κ3) is 2.76. The standard InChI is InChI=1S/C10H15BrO/c1-2-3-10(12)8-4-6-9(11)7-5-8/h4-6,9-10,12H,2-3,7H2,1H3. The van der Waals surface area contributed by atoms with Crippen molar-refractivity contribution in [3.05, 3.63) is 23.8 Å². The molecule has 1 N–H and O–H groups in total. The molecule has 0 bridgehead atoms. The van der Waals surface area contributed by atoms with Crippen molar-refractivity contribution in [3.8, 4) is 0 Å². The molecule has 0 aromatic rings. The molecule has 0 aromatic carbocycles. The molecule has 2 heteroatoms. The second-order valence-electron chi connectivity index (χ2n) is 3.12. The van der Waals surface area contributed by atoms with Crippen LogP contribution in [-0.2, 0) is 0 Å². The maximum atomic E-state index is 9.63. The first-order valence-electron chi connectivity index (χ1n) is 4.44. The van der Waals surface area contributed by atoms with Gasteiger partial charge >= 0.3 is 0 Å². The Labute approximate surface area is 82.3 Å². The summed E-state index contributed by atoms with van der Waals surface area (Å²) in [7, 11) is 0. The minimum atomic E-state index is -0.258. The van der Waals surface area contributed by atoms with Crippen LogP contribution in [0.4, 0.5) is 0 Å². The van der Waals surface area contributed by atoms with E-state index < -0.39 is 0 Å². The number of halogens is 1. The Morgan fingerprint density at radius 1 is 1.75 bits per heavy atom. The number of hydrogen-bond donors (Lipinski definition) is 1. The van der Waals surface area contributed by atoms with Crippen LogP contribution in [0.2, 0.25) is 0 Å². The highest BCUT2D eigenvalue weighted by molar-refractivity contribution is 9.09. The van der Waals surface area contributed by atoms with Crippen LogP contribution in [0.5, 0.6) is 0 Å². The summed E-state index contributed by atoms with van der Waals surface area (Å²) in [5, 5.41) is 9.63. The zero-order valence-electron chi connectivity index (χ0n) is 7.33. The van der Waals surface area contributed by atoms with Crippen molar-refractivity contribution >= 4 is 15.9 Å². The van der Waals surface area contributed by atoms with Crippen LogP contribution in [0.3, 0.4) is 0 Å². The third-order valence-electron chi connectivity index (χ3n) is 2.02. The quantitative estimate of drug-likeness (QED) is 0.740. The number of hydrogen-bond acceptors (Lipinski definition) is 1. The first-order valence-corrected chi connectivity index (χ1v) is 5.36. The van der Waals surface area contributed by atoms with Crippen LogP contribution in [0.1, 0.15) is 26.2 Å². The van der Waals surface area contributed by atoms with Gasteiger partial charge in [0.2, 0.25) is 0 Å². The van der Waals surface area contributed by atoms with E-state index in [2.05, 4.69) is 35.0 Å². The summed E-state index contributed by atoms with van der Waals surface area (Å²) >= 11 is 3.49. The summed E-state index contributed by atoms with van der Waals surface area (Å²) in [6, 6.07) is 0. The van der Waals surface area contributed by atoms with Gasteiger partial charge in [-0.1, -0.05) is 47.5 Å². The Hall–Kier alpha value is -0.0800. The number of aliphatic hydroxyl groups is 1. The van der Waals surface area contributed by atoms with Gasteiger partial charge in [0.25, 0.3) is 0 Å². The van der Waals surface area contributed by atoms with Crippen molar-refractivity contribution in [2.75, 3.05) is 0 Å². The Morgan fingerprint density at radius 3 is 3.00 bits per heavy atom. The molecule has 1 rings (SSSR count). The van der Waals surface area contributed by atoms with Crippen LogP contribution in [-0.4, -0.2) is 16.0 Å². The predicted molar refractivity (Wildman–Crippen MR) is 55.5 cm³/mol. The summed E-state index contributed by atoms with van der Waals surface area (Å²) in [6.45, 7) is 2.09. The van der Waals surface area contributed by atoms with E-state index in [4.69, 9.17) is 0 Å². The Balaban J connectivity index is 2.48. The topological polar surface area (TPSA) is 20.2 Å². The summed E-state index contributed by atoms with van der Waals surface area (Å²) in [4.78, 5) is 0.454. The zero-order valence-corrected chi connectivity index (χ0v) is 8.92. The summed E-state index contributed by atoms with van der Waals surface area (Å²) in [5.41, 5.74) is 1.08. The molecule has 2 unspecified atom stereocenters. The van der Waals surface area contributed by atoms with Crippen molar-refractivity contribution in [1.29, 1.82) is 0 Å². The van der Waals surface area contributed by atoms with Gasteiger partial charge in [0.1, 0.15) is 0 Å². The zero-order chi connectivity index (χ0) is 8.97. The average molecular weight is 231 g/mol. The number of rotatable bonds is 3. The fourth-order valence-corrected chi connectivity index (χ4v) is 1.64. The molecule has 2 atom stereocenters.